The number of hydrogen-bond donors (Lipinski definition) is 1. The largest absolute Gasteiger partial charge is 0.462 e. The van der Waals surface area contributed by atoms with Crippen molar-refractivity contribution in [2.75, 3.05) is 6.61 Å². The zero-order valence-electron chi connectivity index (χ0n) is 8.82. The van der Waals surface area contributed by atoms with Crippen molar-refractivity contribution in [1.82, 2.24) is 4.98 Å². The topological polar surface area (TPSA) is 59.2 Å². The Kier molecular flexibility index (Phi) is 2.72. The van der Waals surface area contributed by atoms with Crippen LogP contribution in [0.15, 0.2) is 35.1 Å². The Bertz CT molecular complexity index is 586. The van der Waals surface area contributed by atoms with Crippen molar-refractivity contribution in [3.8, 4) is 0 Å². The van der Waals surface area contributed by atoms with Crippen molar-refractivity contribution < 1.29 is 9.53 Å². The molecule has 0 bridgehead atoms. The summed E-state index contributed by atoms with van der Waals surface area (Å²) in [7, 11) is 0. The monoisotopic (exact) mass is 217 g/mol. The molecule has 2 aromatic rings. The average Bonchev–Trinajstić information content (AvgIpc) is 2.28. The predicted molar refractivity (Wildman–Crippen MR) is 60.5 cm³/mol. The van der Waals surface area contributed by atoms with Gasteiger partial charge in [0.2, 0.25) is 5.56 Å². The number of nitrogens with one attached hydrogen (secondary N) is 1. The first-order valence-corrected chi connectivity index (χ1v) is 5.01. The second kappa shape index (κ2) is 4.18. The fourth-order valence-electron chi connectivity index (χ4n) is 1.57. The maximum atomic E-state index is 11.6. The van der Waals surface area contributed by atoms with Crippen LogP contribution < -0.4 is 5.56 Å². The molecule has 0 unspecified atom stereocenters. The lowest BCUT2D eigenvalue weighted by molar-refractivity contribution is 0.0528. The van der Waals surface area contributed by atoms with E-state index in [2.05, 4.69) is 4.98 Å². The van der Waals surface area contributed by atoms with Crippen molar-refractivity contribution in [3.05, 3.63) is 46.2 Å². The maximum Gasteiger partial charge on any atom is 0.338 e. The Labute approximate surface area is 91.9 Å². The summed E-state index contributed by atoms with van der Waals surface area (Å²) in [5.41, 5.74) is 0.919. The van der Waals surface area contributed by atoms with Crippen molar-refractivity contribution in [1.29, 1.82) is 0 Å². The molecule has 0 spiro atoms. The lowest BCUT2D eigenvalue weighted by Crippen LogP contribution is -2.08. The summed E-state index contributed by atoms with van der Waals surface area (Å²) in [6, 6.07) is 8.16. The van der Waals surface area contributed by atoms with Gasteiger partial charge in [0.1, 0.15) is 0 Å². The number of aromatic amines is 1. The minimum Gasteiger partial charge on any atom is -0.462 e. The number of fused-ring (bicyclic) bond motifs is 1. The first kappa shape index (κ1) is 10.4. The second-order valence-corrected chi connectivity index (χ2v) is 3.31. The van der Waals surface area contributed by atoms with Gasteiger partial charge in [0.05, 0.1) is 12.2 Å². The van der Waals surface area contributed by atoms with E-state index >= 15 is 0 Å². The Morgan fingerprint density at radius 3 is 2.88 bits per heavy atom. The van der Waals surface area contributed by atoms with Crippen LogP contribution in [-0.4, -0.2) is 17.6 Å². The van der Waals surface area contributed by atoms with Gasteiger partial charge in [-0.2, -0.15) is 0 Å². The summed E-state index contributed by atoms with van der Waals surface area (Å²) in [6.07, 6.45) is 0. The molecule has 0 amide bonds. The van der Waals surface area contributed by atoms with Crippen LogP contribution in [0.3, 0.4) is 0 Å². The minimum absolute atomic E-state index is 0.187. The van der Waals surface area contributed by atoms with E-state index in [0.717, 1.165) is 0 Å². The molecule has 0 aliphatic carbocycles. The number of H-pyrrole nitrogens is 1. The van der Waals surface area contributed by atoms with E-state index in [-0.39, 0.29) is 11.5 Å². The third-order valence-corrected chi connectivity index (χ3v) is 2.26. The van der Waals surface area contributed by atoms with Crippen molar-refractivity contribution in [2.45, 2.75) is 6.92 Å². The Hall–Kier alpha value is -2.10. The van der Waals surface area contributed by atoms with Crippen LogP contribution in [0.25, 0.3) is 10.9 Å². The number of hydrogen-bond acceptors (Lipinski definition) is 3. The van der Waals surface area contributed by atoms with Crippen molar-refractivity contribution >= 4 is 16.9 Å². The van der Waals surface area contributed by atoms with Gasteiger partial charge in [-0.05, 0) is 25.1 Å². The van der Waals surface area contributed by atoms with Gasteiger partial charge in [-0.15, -0.1) is 0 Å². The molecule has 0 atom stereocenters. The van der Waals surface area contributed by atoms with Gasteiger partial charge in [-0.3, -0.25) is 4.79 Å². The van der Waals surface area contributed by atoms with Crippen LogP contribution in [0.5, 0.6) is 0 Å². The second-order valence-electron chi connectivity index (χ2n) is 3.31. The fraction of sp³-hybridized carbons (Fsp3) is 0.167. The van der Waals surface area contributed by atoms with Crippen LogP contribution >= 0.6 is 0 Å². The molecule has 0 saturated carbocycles. The zero-order chi connectivity index (χ0) is 11.5. The van der Waals surface area contributed by atoms with Crippen LogP contribution in [0, 0.1) is 0 Å². The molecule has 4 nitrogen and oxygen atoms in total. The van der Waals surface area contributed by atoms with Gasteiger partial charge in [0.15, 0.2) is 0 Å². The van der Waals surface area contributed by atoms with E-state index in [1.807, 2.05) is 0 Å². The molecular weight excluding hydrogens is 206 g/mol. The summed E-state index contributed by atoms with van der Waals surface area (Å²) < 4.78 is 4.94. The molecular formula is C12H11NO3. The van der Waals surface area contributed by atoms with Gasteiger partial charge >= 0.3 is 5.97 Å². The number of aromatic nitrogens is 1. The highest BCUT2D eigenvalue weighted by molar-refractivity contribution is 6.03. The van der Waals surface area contributed by atoms with Gasteiger partial charge < -0.3 is 9.72 Å². The Morgan fingerprint density at radius 1 is 1.31 bits per heavy atom. The van der Waals surface area contributed by atoms with E-state index in [4.69, 9.17) is 4.74 Å². The number of ether oxygens (including phenoxy) is 1. The number of carbonyl (C=O) groups is 1. The standard InChI is InChI=1S/C12H11NO3/c1-2-16-12(15)9-4-3-5-10-8(9)6-7-11(14)13-10/h3-7H,2H2,1H3,(H,13,14). The van der Waals surface area contributed by atoms with E-state index in [1.54, 1.807) is 31.2 Å². The fourth-order valence-corrected chi connectivity index (χ4v) is 1.57. The lowest BCUT2D eigenvalue weighted by Gasteiger charge is -2.05. The summed E-state index contributed by atoms with van der Waals surface area (Å²) in [5.74, 6) is -0.375. The molecule has 1 heterocycles. The molecule has 82 valence electrons. The smallest absolute Gasteiger partial charge is 0.338 e. The van der Waals surface area contributed by atoms with Crippen LogP contribution in [0.1, 0.15) is 17.3 Å². The molecule has 0 fully saturated rings. The van der Waals surface area contributed by atoms with E-state index in [0.29, 0.717) is 23.1 Å². The minimum atomic E-state index is -0.375. The van der Waals surface area contributed by atoms with Crippen molar-refractivity contribution in [2.24, 2.45) is 0 Å². The molecule has 1 aromatic carbocycles. The highest BCUT2D eigenvalue weighted by Crippen LogP contribution is 2.16. The number of pyridine rings is 1. The van der Waals surface area contributed by atoms with Crippen molar-refractivity contribution in [3.63, 3.8) is 0 Å². The Balaban J connectivity index is 2.62. The van der Waals surface area contributed by atoms with E-state index in [1.165, 1.54) is 6.07 Å². The van der Waals surface area contributed by atoms with Crippen LogP contribution in [0.2, 0.25) is 0 Å². The summed E-state index contributed by atoms with van der Waals surface area (Å²) >= 11 is 0. The number of benzene rings is 1. The maximum absolute atomic E-state index is 11.6. The van der Waals surface area contributed by atoms with E-state index < -0.39 is 0 Å². The molecule has 2 rings (SSSR count). The van der Waals surface area contributed by atoms with Gasteiger partial charge in [0, 0.05) is 17.0 Å². The summed E-state index contributed by atoms with van der Waals surface area (Å²) in [5, 5.41) is 0.695. The molecule has 0 saturated heterocycles. The van der Waals surface area contributed by atoms with E-state index in [9.17, 15) is 9.59 Å². The SMILES string of the molecule is CCOC(=O)c1cccc2[nH]c(=O)ccc12. The van der Waals surface area contributed by atoms with Gasteiger partial charge in [-0.25, -0.2) is 4.79 Å². The highest BCUT2D eigenvalue weighted by Gasteiger charge is 2.10. The third kappa shape index (κ3) is 1.82. The van der Waals surface area contributed by atoms with Gasteiger partial charge in [0.25, 0.3) is 0 Å². The summed E-state index contributed by atoms with van der Waals surface area (Å²) in [6.45, 7) is 2.09. The summed E-state index contributed by atoms with van der Waals surface area (Å²) in [4.78, 5) is 25.4. The molecule has 1 aromatic heterocycles. The molecule has 4 heteroatoms. The quantitative estimate of drug-likeness (QED) is 0.779. The number of rotatable bonds is 2. The first-order chi connectivity index (χ1) is 7.72. The predicted octanol–water partition coefficient (Wildman–Crippen LogP) is 1.70. The molecule has 16 heavy (non-hydrogen) atoms. The molecule has 1 N–H and O–H groups in total. The normalized spacial score (nSPS) is 10.3. The molecule has 0 aliphatic heterocycles. The average molecular weight is 217 g/mol. The Morgan fingerprint density at radius 2 is 2.12 bits per heavy atom. The van der Waals surface area contributed by atoms with Gasteiger partial charge in [-0.1, -0.05) is 6.07 Å². The highest BCUT2D eigenvalue weighted by atomic mass is 16.5. The number of carbonyl (C=O) groups excluding carboxylic acids is 1. The number of esters is 1. The third-order valence-electron chi connectivity index (χ3n) is 2.26. The molecule has 0 aliphatic rings. The van der Waals surface area contributed by atoms with Crippen LogP contribution in [-0.2, 0) is 4.74 Å². The first-order valence-electron chi connectivity index (χ1n) is 5.01. The van der Waals surface area contributed by atoms with Crippen LogP contribution in [0.4, 0.5) is 0 Å². The lowest BCUT2D eigenvalue weighted by atomic mass is 10.1. The molecule has 0 radical (unpaired) electrons. The zero-order valence-corrected chi connectivity index (χ0v) is 8.82.